The maximum absolute atomic E-state index is 13.8. The van der Waals surface area contributed by atoms with E-state index >= 15 is 0 Å². The van der Waals surface area contributed by atoms with Crippen molar-refractivity contribution in [1.29, 1.82) is 0 Å². The molecule has 1 saturated heterocycles. The molecule has 4 rings (SSSR count). The van der Waals surface area contributed by atoms with E-state index in [0.717, 1.165) is 22.3 Å². The minimum absolute atomic E-state index is 0.144. The summed E-state index contributed by atoms with van der Waals surface area (Å²) in [4.78, 5) is 41.0. The minimum Gasteiger partial charge on any atom is -0.459 e. The average molecular weight is 529 g/mol. The Morgan fingerprint density at radius 3 is 2.13 bits per heavy atom. The van der Waals surface area contributed by atoms with Crippen LogP contribution in [-0.2, 0) is 32.1 Å². The van der Waals surface area contributed by atoms with Crippen molar-refractivity contribution in [3.8, 4) is 11.1 Å². The largest absolute Gasteiger partial charge is 0.459 e. The molecule has 2 atom stereocenters. The van der Waals surface area contributed by atoms with Gasteiger partial charge < -0.3 is 19.7 Å². The van der Waals surface area contributed by atoms with E-state index in [9.17, 15) is 14.4 Å². The Kier molecular flexibility index (Phi) is 9.02. The summed E-state index contributed by atoms with van der Waals surface area (Å²) < 4.78 is 11.0. The van der Waals surface area contributed by atoms with Crippen LogP contribution in [-0.4, -0.2) is 47.1 Å². The van der Waals surface area contributed by atoms with E-state index in [1.165, 1.54) is 4.90 Å². The molecule has 3 aromatic rings. The second-order valence-corrected chi connectivity index (χ2v) is 10.7. The Hall–Kier alpha value is -4.13. The number of carbonyl (C=O) groups is 3. The van der Waals surface area contributed by atoms with Gasteiger partial charge >= 0.3 is 12.1 Å². The van der Waals surface area contributed by atoms with Crippen LogP contribution in [0.3, 0.4) is 0 Å². The standard InChI is InChI=1S/C32H36N2O5/c1-32(2,3)39-31(37)33-27(21-23-16-18-26(19-17-23)25-13-8-5-9-14-25)29(35)34-20-10-15-28(34)30(36)38-22-24-11-6-4-7-12-24/h4-9,11-14,16-19,27-28H,10,15,20-22H2,1-3H3,(H,33,37)/t27-,28-/m0/s1. The number of hydrogen-bond donors (Lipinski definition) is 1. The molecule has 2 amide bonds. The molecule has 1 heterocycles. The van der Waals surface area contributed by atoms with E-state index in [1.807, 2.05) is 84.9 Å². The van der Waals surface area contributed by atoms with Gasteiger partial charge in [-0.05, 0) is 55.9 Å². The average Bonchev–Trinajstić information content (AvgIpc) is 3.42. The smallest absolute Gasteiger partial charge is 0.408 e. The quantitative estimate of drug-likeness (QED) is 0.389. The summed E-state index contributed by atoms with van der Waals surface area (Å²) in [5.41, 5.74) is 3.20. The van der Waals surface area contributed by atoms with Crippen LogP contribution in [0.25, 0.3) is 11.1 Å². The third-order valence-electron chi connectivity index (χ3n) is 6.52. The highest BCUT2D eigenvalue weighted by atomic mass is 16.6. The van der Waals surface area contributed by atoms with Crippen LogP contribution in [0, 0.1) is 0 Å². The van der Waals surface area contributed by atoms with Crippen LogP contribution >= 0.6 is 0 Å². The van der Waals surface area contributed by atoms with Crippen molar-refractivity contribution in [2.45, 2.75) is 64.3 Å². The van der Waals surface area contributed by atoms with Crippen LogP contribution in [0.2, 0.25) is 0 Å². The summed E-state index contributed by atoms with van der Waals surface area (Å²) in [6, 6.07) is 25.8. The van der Waals surface area contributed by atoms with Crippen LogP contribution in [0.4, 0.5) is 4.79 Å². The summed E-state index contributed by atoms with van der Waals surface area (Å²) in [5, 5.41) is 2.76. The van der Waals surface area contributed by atoms with Gasteiger partial charge in [0.05, 0.1) is 0 Å². The van der Waals surface area contributed by atoms with Crippen molar-refractivity contribution in [3.63, 3.8) is 0 Å². The summed E-state index contributed by atoms with van der Waals surface area (Å²) in [6.45, 7) is 5.87. The highest BCUT2D eigenvalue weighted by Gasteiger charge is 2.39. The third-order valence-corrected chi connectivity index (χ3v) is 6.52. The van der Waals surface area contributed by atoms with Gasteiger partial charge in [0.15, 0.2) is 0 Å². The monoisotopic (exact) mass is 528 g/mol. The van der Waals surface area contributed by atoms with Gasteiger partial charge in [0.25, 0.3) is 0 Å². The van der Waals surface area contributed by atoms with Gasteiger partial charge in [-0.25, -0.2) is 9.59 Å². The lowest BCUT2D eigenvalue weighted by molar-refractivity contribution is -0.155. The van der Waals surface area contributed by atoms with Crippen LogP contribution in [0.15, 0.2) is 84.9 Å². The van der Waals surface area contributed by atoms with Gasteiger partial charge in [-0.3, -0.25) is 4.79 Å². The van der Waals surface area contributed by atoms with E-state index in [1.54, 1.807) is 20.8 Å². The van der Waals surface area contributed by atoms with Gasteiger partial charge in [0.1, 0.15) is 24.3 Å². The number of carbonyl (C=O) groups excluding carboxylic acids is 3. The summed E-state index contributed by atoms with van der Waals surface area (Å²) in [6.07, 6.45) is 0.783. The lowest BCUT2D eigenvalue weighted by Crippen LogP contribution is -2.53. The molecule has 7 nitrogen and oxygen atoms in total. The number of nitrogens with zero attached hydrogens (tertiary/aromatic N) is 1. The first-order chi connectivity index (χ1) is 18.7. The molecule has 0 aliphatic carbocycles. The maximum Gasteiger partial charge on any atom is 0.408 e. The number of rotatable bonds is 8. The van der Waals surface area contributed by atoms with Crippen molar-refractivity contribution in [3.05, 3.63) is 96.1 Å². The molecule has 204 valence electrons. The number of hydrogen-bond acceptors (Lipinski definition) is 5. The first kappa shape index (κ1) is 27.9. The number of ether oxygens (including phenoxy) is 2. The van der Waals surface area contributed by atoms with Crippen molar-refractivity contribution in [2.75, 3.05) is 6.54 Å². The number of nitrogens with one attached hydrogen (secondary N) is 1. The number of esters is 1. The van der Waals surface area contributed by atoms with Crippen molar-refractivity contribution < 1.29 is 23.9 Å². The van der Waals surface area contributed by atoms with Gasteiger partial charge in [0.2, 0.25) is 5.91 Å². The Labute approximate surface area is 230 Å². The Bertz CT molecular complexity index is 1250. The van der Waals surface area contributed by atoms with Crippen LogP contribution < -0.4 is 5.32 Å². The topological polar surface area (TPSA) is 84.9 Å². The molecule has 0 unspecified atom stereocenters. The number of amides is 2. The van der Waals surface area contributed by atoms with Crippen molar-refractivity contribution in [1.82, 2.24) is 10.2 Å². The Morgan fingerprint density at radius 1 is 0.872 bits per heavy atom. The maximum atomic E-state index is 13.8. The normalized spacial score (nSPS) is 15.9. The van der Waals surface area contributed by atoms with Crippen molar-refractivity contribution in [2.24, 2.45) is 0 Å². The van der Waals surface area contributed by atoms with Crippen molar-refractivity contribution >= 4 is 18.0 Å². The summed E-state index contributed by atoms with van der Waals surface area (Å²) in [7, 11) is 0. The SMILES string of the molecule is CC(C)(C)OC(=O)N[C@@H](Cc1ccc(-c2ccccc2)cc1)C(=O)N1CCC[C@H]1C(=O)OCc1ccccc1. The molecule has 0 bridgehead atoms. The van der Waals surface area contributed by atoms with Gasteiger partial charge in [0, 0.05) is 13.0 Å². The summed E-state index contributed by atoms with van der Waals surface area (Å²) in [5.74, 6) is -0.764. The lowest BCUT2D eigenvalue weighted by Gasteiger charge is -2.29. The zero-order valence-electron chi connectivity index (χ0n) is 22.8. The molecule has 0 aromatic heterocycles. The molecule has 1 aliphatic heterocycles. The fourth-order valence-electron chi connectivity index (χ4n) is 4.65. The molecule has 1 N–H and O–H groups in total. The number of alkyl carbamates (subject to hydrolysis) is 1. The van der Waals surface area contributed by atoms with E-state index in [0.29, 0.717) is 19.4 Å². The van der Waals surface area contributed by atoms with E-state index in [4.69, 9.17) is 9.47 Å². The Balaban J connectivity index is 1.48. The molecule has 3 aromatic carbocycles. The molecule has 1 fully saturated rings. The van der Waals surface area contributed by atoms with Gasteiger partial charge in [-0.15, -0.1) is 0 Å². The van der Waals surface area contributed by atoms with Crippen LogP contribution in [0.5, 0.6) is 0 Å². The first-order valence-electron chi connectivity index (χ1n) is 13.3. The Morgan fingerprint density at radius 2 is 1.49 bits per heavy atom. The lowest BCUT2D eigenvalue weighted by atomic mass is 10.00. The molecule has 0 saturated carbocycles. The molecule has 39 heavy (non-hydrogen) atoms. The highest BCUT2D eigenvalue weighted by Crippen LogP contribution is 2.23. The molecular weight excluding hydrogens is 492 g/mol. The van der Waals surface area contributed by atoms with Gasteiger partial charge in [-0.2, -0.15) is 0 Å². The van der Waals surface area contributed by atoms with E-state index in [2.05, 4.69) is 5.32 Å². The highest BCUT2D eigenvalue weighted by molar-refractivity contribution is 5.90. The molecule has 1 aliphatic rings. The number of benzene rings is 3. The second kappa shape index (κ2) is 12.6. The molecular formula is C32H36N2O5. The second-order valence-electron chi connectivity index (χ2n) is 10.7. The number of likely N-dealkylation sites (tertiary alicyclic amines) is 1. The fraction of sp³-hybridized carbons (Fsp3) is 0.344. The van der Waals surface area contributed by atoms with E-state index in [-0.39, 0.29) is 18.9 Å². The zero-order chi connectivity index (χ0) is 27.8. The zero-order valence-corrected chi connectivity index (χ0v) is 22.8. The predicted octanol–water partition coefficient (Wildman–Crippen LogP) is 5.52. The van der Waals surface area contributed by atoms with Crippen LogP contribution in [0.1, 0.15) is 44.7 Å². The van der Waals surface area contributed by atoms with Gasteiger partial charge in [-0.1, -0.05) is 84.9 Å². The first-order valence-corrected chi connectivity index (χ1v) is 13.3. The minimum atomic E-state index is -0.898. The predicted molar refractivity (Wildman–Crippen MR) is 150 cm³/mol. The molecule has 7 heteroatoms. The third kappa shape index (κ3) is 7.93. The summed E-state index contributed by atoms with van der Waals surface area (Å²) >= 11 is 0. The molecule has 0 radical (unpaired) electrons. The fourth-order valence-corrected chi connectivity index (χ4v) is 4.65. The molecule has 0 spiro atoms. The van der Waals surface area contributed by atoms with E-state index < -0.39 is 29.7 Å².